The average Bonchev–Trinajstić information content (AvgIpc) is 2.90. The van der Waals surface area contributed by atoms with Gasteiger partial charge in [0.05, 0.1) is 0 Å². The quantitative estimate of drug-likeness (QED) is 0.806. The molecule has 1 fully saturated rings. The van der Waals surface area contributed by atoms with E-state index in [1.165, 1.54) is 24.8 Å². The van der Waals surface area contributed by atoms with E-state index < -0.39 is 0 Å². The van der Waals surface area contributed by atoms with Crippen molar-refractivity contribution >= 4 is 0 Å². The summed E-state index contributed by atoms with van der Waals surface area (Å²) in [6.45, 7) is 1.16. The van der Waals surface area contributed by atoms with E-state index in [-0.39, 0.29) is 5.82 Å². The maximum Gasteiger partial charge on any atom is 0.126 e. The summed E-state index contributed by atoms with van der Waals surface area (Å²) < 4.78 is 13.6. The molecule has 3 rings (SSSR count). The van der Waals surface area contributed by atoms with E-state index in [1.807, 2.05) is 6.07 Å². The summed E-state index contributed by atoms with van der Waals surface area (Å²) in [4.78, 5) is 0. The standard InChI is InChI=1S/C14H18FN/c15-14-5-1-4-12-10(6-7-13(12)14)9-11-3-2-8-16-11/h1,4-5,10-11,16H,2-3,6-9H2. The Morgan fingerprint density at radius 3 is 3.06 bits per heavy atom. The van der Waals surface area contributed by atoms with Crippen LogP contribution in [0.1, 0.15) is 42.7 Å². The summed E-state index contributed by atoms with van der Waals surface area (Å²) >= 11 is 0. The maximum atomic E-state index is 13.6. The van der Waals surface area contributed by atoms with Crippen LogP contribution >= 0.6 is 0 Å². The molecule has 0 spiro atoms. The molecule has 2 atom stereocenters. The second-order valence-electron chi connectivity index (χ2n) is 5.07. The minimum absolute atomic E-state index is 0.000573. The lowest BCUT2D eigenvalue weighted by Crippen LogP contribution is -2.23. The van der Waals surface area contributed by atoms with Gasteiger partial charge in [-0.15, -0.1) is 0 Å². The highest BCUT2D eigenvalue weighted by atomic mass is 19.1. The van der Waals surface area contributed by atoms with Crippen LogP contribution in [0.15, 0.2) is 18.2 Å². The molecule has 1 aliphatic heterocycles. The van der Waals surface area contributed by atoms with Crippen molar-refractivity contribution in [1.29, 1.82) is 0 Å². The van der Waals surface area contributed by atoms with E-state index in [0.717, 1.165) is 24.9 Å². The van der Waals surface area contributed by atoms with Crippen molar-refractivity contribution in [2.24, 2.45) is 0 Å². The monoisotopic (exact) mass is 219 g/mol. The number of rotatable bonds is 2. The molecule has 1 heterocycles. The van der Waals surface area contributed by atoms with Gasteiger partial charge in [-0.05, 0) is 61.8 Å². The molecule has 0 amide bonds. The largest absolute Gasteiger partial charge is 0.314 e. The van der Waals surface area contributed by atoms with Crippen molar-refractivity contribution in [3.8, 4) is 0 Å². The Morgan fingerprint density at radius 2 is 2.25 bits per heavy atom. The van der Waals surface area contributed by atoms with E-state index in [9.17, 15) is 4.39 Å². The molecule has 0 saturated carbocycles. The number of hydrogen-bond donors (Lipinski definition) is 1. The Balaban J connectivity index is 1.78. The molecule has 16 heavy (non-hydrogen) atoms. The van der Waals surface area contributed by atoms with Crippen molar-refractivity contribution in [3.05, 3.63) is 35.1 Å². The summed E-state index contributed by atoms with van der Waals surface area (Å²) in [5.41, 5.74) is 2.25. The highest BCUT2D eigenvalue weighted by Gasteiger charge is 2.27. The van der Waals surface area contributed by atoms with Gasteiger partial charge in [0, 0.05) is 6.04 Å². The molecule has 1 aromatic rings. The van der Waals surface area contributed by atoms with Gasteiger partial charge in [0.1, 0.15) is 5.82 Å². The highest BCUT2D eigenvalue weighted by Crippen LogP contribution is 2.38. The fourth-order valence-electron chi connectivity index (χ4n) is 3.24. The average molecular weight is 219 g/mol. The molecular formula is C14H18FN. The summed E-state index contributed by atoms with van der Waals surface area (Å²) in [6.07, 6.45) is 5.85. The van der Waals surface area contributed by atoms with Crippen molar-refractivity contribution in [1.82, 2.24) is 5.32 Å². The van der Waals surface area contributed by atoms with Gasteiger partial charge in [0.25, 0.3) is 0 Å². The minimum atomic E-state index is -0.000573. The molecule has 0 aromatic heterocycles. The summed E-state index contributed by atoms with van der Waals surface area (Å²) in [5.74, 6) is 0.584. The Bertz CT molecular complexity index is 382. The van der Waals surface area contributed by atoms with E-state index in [4.69, 9.17) is 0 Å². The summed E-state index contributed by atoms with van der Waals surface area (Å²) in [5, 5.41) is 3.54. The molecule has 1 saturated heterocycles. The molecular weight excluding hydrogens is 201 g/mol. The van der Waals surface area contributed by atoms with Crippen LogP contribution in [0.5, 0.6) is 0 Å². The Morgan fingerprint density at radius 1 is 1.31 bits per heavy atom. The van der Waals surface area contributed by atoms with Crippen molar-refractivity contribution < 1.29 is 4.39 Å². The zero-order chi connectivity index (χ0) is 11.0. The van der Waals surface area contributed by atoms with Crippen molar-refractivity contribution in [3.63, 3.8) is 0 Å². The van der Waals surface area contributed by atoms with Gasteiger partial charge in [-0.2, -0.15) is 0 Å². The molecule has 1 nitrogen and oxygen atoms in total. The highest BCUT2D eigenvalue weighted by molar-refractivity contribution is 5.36. The van der Waals surface area contributed by atoms with E-state index >= 15 is 0 Å². The number of fused-ring (bicyclic) bond motifs is 1. The third kappa shape index (κ3) is 1.75. The number of benzene rings is 1. The van der Waals surface area contributed by atoms with Crippen LogP contribution in [0.3, 0.4) is 0 Å². The smallest absolute Gasteiger partial charge is 0.126 e. The van der Waals surface area contributed by atoms with Gasteiger partial charge < -0.3 is 5.32 Å². The molecule has 0 bridgehead atoms. The third-order valence-electron chi connectivity index (χ3n) is 4.07. The number of hydrogen-bond acceptors (Lipinski definition) is 1. The lowest BCUT2D eigenvalue weighted by atomic mass is 9.93. The first-order chi connectivity index (χ1) is 7.84. The first kappa shape index (κ1) is 10.3. The van der Waals surface area contributed by atoms with E-state index in [2.05, 4.69) is 11.4 Å². The lowest BCUT2D eigenvalue weighted by Gasteiger charge is -2.17. The molecule has 2 aliphatic rings. The van der Waals surface area contributed by atoms with Gasteiger partial charge in [-0.1, -0.05) is 12.1 Å². The first-order valence-corrected chi connectivity index (χ1v) is 6.35. The number of halogens is 1. The van der Waals surface area contributed by atoms with Gasteiger partial charge in [0.15, 0.2) is 0 Å². The summed E-state index contributed by atoms with van der Waals surface area (Å²) in [7, 11) is 0. The molecule has 2 unspecified atom stereocenters. The topological polar surface area (TPSA) is 12.0 Å². The fourth-order valence-corrected chi connectivity index (χ4v) is 3.24. The predicted molar refractivity (Wildman–Crippen MR) is 63.1 cm³/mol. The van der Waals surface area contributed by atoms with Gasteiger partial charge in [0.2, 0.25) is 0 Å². The second kappa shape index (κ2) is 4.17. The fraction of sp³-hybridized carbons (Fsp3) is 0.571. The van der Waals surface area contributed by atoms with Crippen molar-refractivity contribution in [2.75, 3.05) is 6.54 Å². The van der Waals surface area contributed by atoms with Gasteiger partial charge >= 0.3 is 0 Å². The normalized spacial score (nSPS) is 28.3. The minimum Gasteiger partial charge on any atom is -0.314 e. The molecule has 0 radical (unpaired) electrons. The zero-order valence-corrected chi connectivity index (χ0v) is 9.51. The van der Waals surface area contributed by atoms with Crippen LogP contribution in [0.4, 0.5) is 4.39 Å². The maximum absolute atomic E-state index is 13.6. The van der Waals surface area contributed by atoms with Gasteiger partial charge in [-0.25, -0.2) is 4.39 Å². The van der Waals surface area contributed by atoms with Crippen LogP contribution in [0, 0.1) is 5.82 Å². The van der Waals surface area contributed by atoms with Crippen LogP contribution in [-0.2, 0) is 6.42 Å². The summed E-state index contributed by atoms with van der Waals surface area (Å²) in [6, 6.07) is 6.23. The second-order valence-corrected chi connectivity index (χ2v) is 5.07. The molecule has 1 aromatic carbocycles. The Hall–Kier alpha value is -0.890. The van der Waals surface area contributed by atoms with Crippen LogP contribution < -0.4 is 5.32 Å². The Labute approximate surface area is 96.1 Å². The first-order valence-electron chi connectivity index (χ1n) is 6.35. The van der Waals surface area contributed by atoms with Crippen LogP contribution in [-0.4, -0.2) is 12.6 Å². The number of nitrogens with one attached hydrogen (secondary N) is 1. The van der Waals surface area contributed by atoms with E-state index in [0.29, 0.717) is 12.0 Å². The van der Waals surface area contributed by atoms with Crippen molar-refractivity contribution in [2.45, 2.75) is 44.1 Å². The predicted octanol–water partition coefficient (Wildman–Crippen LogP) is 3.00. The molecule has 2 heteroatoms. The zero-order valence-electron chi connectivity index (χ0n) is 9.51. The SMILES string of the molecule is Fc1cccc2c1CCC2CC1CCCN1. The van der Waals surface area contributed by atoms with Crippen LogP contribution in [0.2, 0.25) is 0 Å². The molecule has 86 valence electrons. The van der Waals surface area contributed by atoms with Gasteiger partial charge in [-0.3, -0.25) is 0 Å². The lowest BCUT2D eigenvalue weighted by molar-refractivity contribution is 0.488. The third-order valence-corrected chi connectivity index (χ3v) is 4.07. The van der Waals surface area contributed by atoms with Crippen LogP contribution in [0.25, 0.3) is 0 Å². The molecule has 1 N–H and O–H groups in total. The van der Waals surface area contributed by atoms with E-state index in [1.54, 1.807) is 6.07 Å². The molecule has 1 aliphatic carbocycles. The Kier molecular flexibility index (Phi) is 2.68.